The molecule has 0 rings (SSSR count). The molecule has 1 atom stereocenters. The number of aliphatic hydroxyl groups excluding tert-OH is 1. The van der Waals surface area contributed by atoms with Crippen LogP contribution >= 0.6 is 0 Å². The molecule has 2 heteroatoms. The van der Waals surface area contributed by atoms with Crippen LogP contribution in [-0.2, 0) is 4.79 Å². The molecule has 0 amide bonds. The second kappa shape index (κ2) is 12.7. The average molecular weight is 228 g/mol. The lowest BCUT2D eigenvalue weighted by Crippen LogP contribution is -2.03. The molecule has 0 bridgehead atoms. The van der Waals surface area contributed by atoms with E-state index in [0.29, 0.717) is 0 Å². The van der Waals surface area contributed by atoms with Crippen LogP contribution in [0.1, 0.15) is 71.1 Å². The number of hydrogen-bond donors (Lipinski definition) is 1. The lowest BCUT2D eigenvalue weighted by molar-refractivity contribution is -0.111. The molecule has 1 N–H and O–H groups in total. The smallest absolute Gasteiger partial charge is 0.123 e. The normalized spacial score (nSPS) is 12.6. The molecule has 0 heterocycles. The molecule has 0 saturated heterocycles. The van der Waals surface area contributed by atoms with Crippen molar-refractivity contribution in [2.45, 2.75) is 71.1 Å². The third-order valence-electron chi connectivity index (χ3n) is 3.10. The van der Waals surface area contributed by atoms with Gasteiger partial charge in [-0.15, -0.1) is 0 Å². The van der Waals surface area contributed by atoms with Gasteiger partial charge in [0, 0.05) is 12.5 Å². The van der Waals surface area contributed by atoms with Crippen LogP contribution in [0.4, 0.5) is 0 Å². The van der Waals surface area contributed by atoms with Gasteiger partial charge < -0.3 is 9.90 Å². The Hall–Kier alpha value is -0.370. The molecule has 16 heavy (non-hydrogen) atoms. The van der Waals surface area contributed by atoms with Crippen LogP contribution in [-0.4, -0.2) is 18.0 Å². The average Bonchev–Trinajstić information content (AvgIpc) is 2.32. The van der Waals surface area contributed by atoms with Crippen molar-refractivity contribution in [2.24, 2.45) is 5.92 Å². The zero-order chi connectivity index (χ0) is 12.1. The van der Waals surface area contributed by atoms with Gasteiger partial charge in [0.25, 0.3) is 0 Å². The maximum atomic E-state index is 10.7. The topological polar surface area (TPSA) is 37.3 Å². The molecule has 1 unspecified atom stereocenters. The molecule has 0 aromatic heterocycles. The minimum Gasteiger partial charge on any atom is -0.396 e. The Balaban J connectivity index is 3.24. The van der Waals surface area contributed by atoms with Gasteiger partial charge in [0.2, 0.25) is 0 Å². The second-order valence-corrected chi connectivity index (χ2v) is 4.67. The number of unbranched alkanes of at least 4 members (excludes halogenated alkanes) is 6. The van der Waals surface area contributed by atoms with Gasteiger partial charge in [-0.3, -0.25) is 0 Å². The molecular weight excluding hydrogens is 200 g/mol. The molecular formula is C14H28O2. The summed E-state index contributed by atoms with van der Waals surface area (Å²) in [5.74, 6) is 0.183. The first-order chi connectivity index (χ1) is 7.85. The first-order valence-corrected chi connectivity index (χ1v) is 6.91. The summed E-state index contributed by atoms with van der Waals surface area (Å²) in [6, 6.07) is 0. The lowest BCUT2D eigenvalue weighted by atomic mass is 9.97. The Bertz CT molecular complexity index is 146. The van der Waals surface area contributed by atoms with E-state index >= 15 is 0 Å². The van der Waals surface area contributed by atoms with Gasteiger partial charge in [0.05, 0.1) is 0 Å². The van der Waals surface area contributed by atoms with E-state index in [0.717, 1.165) is 25.5 Å². The Labute approximate surface area is 100 Å². The summed E-state index contributed by atoms with van der Waals surface area (Å²) in [5.41, 5.74) is 0. The minimum atomic E-state index is 0.183. The Kier molecular flexibility index (Phi) is 12.4. The maximum Gasteiger partial charge on any atom is 0.123 e. The van der Waals surface area contributed by atoms with Gasteiger partial charge in [-0.1, -0.05) is 51.9 Å². The van der Waals surface area contributed by atoms with Crippen molar-refractivity contribution >= 4 is 6.29 Å². The van der Waals surface area contributed by atoms with Crippen molar-refractivity contribution in [1.82, 2.24) is 0 Å². The van der Waals surface area contributed by atoms with Crippen LogP contribution in [0.25, 0.3) is 0 Å². The van der Waals surface area contributed by atoms with Gasteiger partial charge in [0.15, 0.2) is 0 Å². The standard InChI is InChI=1S/C14H28O2/c1-2-3-4-5-6-7-8-10-14(13-16)11-9-12-15/h13-15H,2-12H2,1H3. The van der Waals surface area contributed by atoms with Gasteiger partial charge >= 0.3 is 0 Å². The number of carbonyl (C=O) groups excluding carboxylic acids is 1. The molecule has 0 aliphatic rings. The SMILES string of the molecule is CCCCCCCCCC(C=O)CCCO. The monoisotopic (exact) mass is 228 g/mol. The molecule has 0 spiro atoms. The molecule has 0 aliphatic carbocycles. The highest BCUT2D eigenvalue weighted by Gasteiger charge is 2.05. The third-order valence-corrected chi connectivity index (χ3v) is 3.10. The van der Waals surface area contributed by atoms with E-state index in [-0.39, 0.29) is 12.5 Å². The molecule has 0 saturated carbocycles. The minimum absolute atomic E-state index is 0.183. The third kappa shape index (κ3) is 10.2. The van der Waals surface area contributed by atoms with Crippen molar-refractivity contribution in [2.75, 3.05) is 6.61 Å². The van der Waals surface area contributed by atoms with Crippen molar-refractivity contribution in [3.8, 4) is 0 Å². The first-order valence-electron chi connectivity index (χ1n) is 6.91. The molecule has 0 radical (unpaired) electrons. The molecule has 0 aromatic rings. The highest BCUT2D eigenvalue weighted by Crippen LogP contribution is 2.15. The summed E-state index contributed by atoms with van der Waals surface area (Å²) < 4.78 is 0. The predicted molar refractivity (Wildman–Crippen MR) is 68.5 cm³/mol. The van der Waals surface area contributed by atoms with Gasteiger partial charge in [-0.25, -0.2) is 0 Å². The quantitative estimate of drug-likeness (QED) is 0.408. The zero-order valence-electron chi connectivity index (χ0n) is 10.8. The van der Waals surface area contributed by atoms with Crippen LogP contribution in [0.3, 0.4) is 0 Å². The van der Waals surface area contributed by atoms with E-state index in [1.165, 1.54) is 44.9 Å². The van der Waals surface area contributed by atoms with Crippen LogP contribution in [0.5, 0.6) is 0 Å². The fourth-order valence-electron chi connectivity index (χ4n) is 2.00. The van der Waals surface area contributed by atoms with Crippen molar-refractivity contribution in [3.05, 3.63) is 0 Å². The van der Waals surface area contributed by atoms with Crippen molar-refractivity contribution in [3.63, 3.8) is 0 Å². The lowest BCUT2D eigenvalue weighted by Gasteiger charge is -2.08. The highest BCUT2D eigenvalue weighted by molar-refractivity contribution is 5.53. The summed E-state index contributed by atoms with van der Waals surface area (Å²) in [5, 5.41) is 8.69. The first kappa shape index (κ1) is 15.6. The largest absolute Gasteiger partial charge is 0.396 e. The fourth-order valence-corrected chi connectivity index (χ4v) is 2.00. The van der Waals surface area contributed by atoms with Gasteiger partial charge in [-0.2, -0.15) is 0 Å². The summed E-state index contributed by atoms with van der Waals surface area (Å²) in [6.45, 7) is 2.44. The van der Waals surface area contributed by atoms with Crippen molar-refractivity contribution < 1.29 is 9.90 Å². The van der Waals surface area contributed by atoms with Crippen molar-refractivity contribution in [1.29, 1.82) is 0 Å². The number of aldehydes is 1. The van der Waals surface area contributed by atoms with Gasteiger partial charge in [-0.05, 0) is 19.3 Å². The molecule has 2 nitrogen and oxygen atoms in total. The van der Waals surface area contributed by atoms with E-state index in [1.54, 1.807) is 0 Å². The van der Waals surface area contributed by atoms with E-state index in [1.807, 2.05) is 0 Å². The number of aliphatic hydroxyl groups is 1. The zero-order valence-corrected chi connectivity index (χ0v) is 10.8. The number of carbonyl (C=O) groups is 1. The van der Waals surface area contributed by atoms with E-state index in [2.05, 4.69) is 6.92 Å². The van der Waals surface area contributed by atoms with E-state index in [4.69, 9.17) is 5.11 Å². The predicted octanol–water partition coefficient (Wildman–Crippen LogP) is 3.71. The fraction of sp³-hybridized carbons (Fsp3) is 0.929. The maximum absolute atomic E-state index is 10.7. The molecule has 0 fully saturated rings. The second-order valence-electron chi connectivity index (χ2n) is 4.67. The number of hydrogen-bond acceptors (Lipinski definition) is 2. The van der Waals surface area contributed by atoms with E-state index < -0.39 is 0 Å². The van der Waals surface area contributed by atoms with E-state index in [9.17, 15) is 4.79 Å². The highest BCUT2D eigenvalue weighted by atomic mass is 16.2. The molecule has 0 aliphatic heterocycles. The van der Waals surface area contributed by atoms with Crippen LogP contribution in [0, 0.1) is 5.92 Å². The number of rotatable bonds is 12. The van der Waals surface area contributed by atoms with Crippen LogP contribution < -0.4 is 0 Å². The Morgan fingerprint density at radius 1 is 0.938 bits per heavy atom. The Morgan fingerprint density at radius 2 is 1.50 bits per heavy atom. The summed E-state index contributed by atoms with van der Waals surface area (Å²) in [6.07, 6.45) is 12.8. The molecule has 96 valence electrons. The molecule has 0 aromatic carbocycles. The van der Waals surface area contributed by atoms with Crippen LogP contribution in [0.2, 0.25) is 0 Å². The van der Waals surface area contributed by atoms with Gasteiger partial charge in [0.1, 0.15) is 6.29 Å². The summed E-state index contributed by atoms with van der Waals surface area (Å²) >= 11 is 0. The van der Waals surface area contributed by atoms with Crippen LogP contribution in [0.15, 0.2) is 0 Å². The summed E-state index contributed by atoms with van der Waals surface area (Å²) in [4.78, 5) is 10.7. The Morgan fingerprint density at radius 3 is 2.06 bits per heavy atom. The summed E-state index contributed by atoms with van der Waals surface area (Å²) in [7, 11) is 0.